The van der Waals surface area contributed by atoms with Crippen molar-refractivity contribution in [1.82, 2.24) is 10.2 Å². The Morgan fingerprint density at radius 1 is 1.22 bits per heavy atom. The van der Waals surface area contributed by atoms with E-state index in [4.69, 9.17) is 10.5 Å². The smallest absolute Gasteiger partial charge is 0.410 e. The van der Waals surface area contributed by atoms with Crippen LogP contribution in [0.5, 0.6) is 0 Å². The first kappa shape index (κ1) is 21.2. The lowest BCUT2D eigenvalue weighted by Crippen LogP contribution is -2.41. The highest BCUT2D eigenvalue weighted by molar-refractivity contribution is 5.82. The molecule has 0 aliphatic rings. The summed E-state index contributed by atoms with van der Waals surface area (Å²) in [6.07, 6.45) is 2.47. The summed E-state index contributed by atoms with van der Waals surface area (Å²) in [7, 11) is 1.51. The molecular weight excluding hydrogens is 298 g/mol. The summed E-state index contributed by atoms with van der Waals surface area (Å²) in [6, 6.07) is 0. The SMILES string of the molecule is CCC[C@@H](CCCNC(=O)CN(C)C(=O)OC(C)(C)C)C(N)=O. The molecule has 0 unspecified atom stereocenters. The van der Waals surface area contributed by atoms with Crippen LogP contribution in [0.3, 0.4) is 0 Å². The van der Waals surface area contributed by atoms with Crippen molar-refractivity contribution in [1.29, 1.82) is 0 Å². The van der Waals surface area contributed by atoms with Crippen LogP contribution in [0.4, 0.5) is 4.79 Å². The van der Waals surface area contributed by atoms with Gasteiger partial charge in [-0.2, -0.15) is 0 Å². The van der Waals surface area contributed by atoms with Gasteiger partial charge in [0.25, 0.3) is 0 Å². The number of amides is 3. The number of carbonyl (C=O) groups is 3. The number of likely N-dealkylation sites (N-methyl/N-ethyl adjacent to an activating group) is 1. The molecule has 0 spiro atoms. The van der Waals surface area contributed by atoms with Crippen LogP contribution < -0.4 is 11.1 Å². The second kappa shape index (κ2) is 10.1. The number of hydrogen-bond donors (Lipinski definition) is 2. The van der Waals surface area contributed by atoms with Crippen LogP contribution in [0.25, 0.3) is 0 Å². The molecule has 0 aromatic rings. The van der Waals surface area contributed by atoms with Crippen LogP contribution in [0.2, 0.25) is 0 Å². The van der Waals surface area contributed by atoms with E-state index in [0.29, 0.717) is 19.4 Å². The van der Waals surface area contributed by atoms with Crippen molar-refractivity contribution in [2.75, 3.05) is 20.1 Å². The van der Waals surface area contributed by atoms with Crippen LogP contribution in [0.15, 0.2) is 0 Å². The van der Waals surface area contributed by atoms with Crippen LogP contribution in [-0.2, 0) is 14.3 Å². The first-order valence-electron chi connectivity index (χ1n) is 8.07. The van der Waals surface area contributed by atoms with Crippen LogP contribution in [-0.4, -0.2) is 48.5 Å². The second-order valence-corrected chi connectivity index (χ2v) is 6.72. The van der Waals surface area contributed by atoms with Gasteiger partial charge in [-0.05, 0) is 40.0 Å². The van der Waals surface area contributed by atoms with E-state index >= 15 is 0 Å². The zero-order valence-electron chi connectivity index (χ0n) is 15.0. The number of carbonyl (C=O) groups excluding carboxylic acids is 3. The maximum absolute atomic E-state index is 11.8. The predicted molar refractivity (Wildman–Crippen MR) is 88.7 cm³/mol. The summed E-state index contributed by atoms with van der Waals surface area (Å²) >= 11 is 0. The zero-order chi connectivity index (χ0) is 18.0. The maximum Gasteiger partial charge on any atom is 0.410 e. The summed E-state index contributed by atoms with van der Waals surface area (Å²) in [5, 5.41) is 2.73. The molecule has 7 nitrogen and oxygen atoms in total. The van der Waals surface area contributed by atoms with Gasteiger partial charge in [-0.3, -0.25) is 9.59 Å². The van der Waals surface area contributed by atoms with Gasteiger partial charge in [0.1, 0.15) is 12.1 Å². The third-order valence-corrected chi connectivity index (χ3v) is 3.18. The van der Waals surface area contributed by atoms with Gasteiger partial charge in [-0.15, -0.1) is 0 Å². The van der Waals surface area contributed by atoms with Crippen molar-refractivity contribution in [3.8, 4) is 0 Å². The molecule has 0 rings (SSSR count). The van der Waals surface area contributed by atoms with Gasteiger partial charge in [-0.1, -0.05) is 13.3 Å². The largest absolute Gasteiger partial charge is 0.444 e. The topological polar surface area (TPSA) is 102 Å². The van der Waals surface area contributed by atoms with Crippen LogP contribution in [0.1, 0.15) is 53.4 Å². The molecule has 3 amide bonds. The van der Waals surface area contributed by atoms with Crippen molar-refractivity contribution in [3.05, 3.63) is 0 Å². The fourth-order valence-electron chi connectivity index (χ4n) is 2.03. The Kier molecular flexibility index (Phi) is 9.29. The molecule has 0 bridgehead atoms. The Morgan fingerprint density at radius 3 is 2.30 bits per heavy atom. The summed E-state index contributed by atoms with van der Waals surface area (Å²) in [5.74, 6) is -0.686. The highest BCUT2D eigenvalue weighted by Gasteiger charge is 2.21. The molecule has 0 fully saturated rings. The van der Waals surface area contributed by atoms with Gasteiger partial charge < -0.3 is 20.7 Å². The molecule has 0 aliphatic heterocycles. The Labute approximate surface area is 138 Å². The molecule has 3 N–H and O–H groups in total. The Morgan fingerprint density at radius 2 is 1.83 bits per heavy atom. The molecule has 0 heterocycles. The van der Waals surface area contributed by atoms with E-state index in [2.05, 4.69) is 5.32 Å². The van der Waals surface area contributed by atoms with E-state index in [0.717, 1.165) is 12.8 Å². The minimum Gasteiger partial charge on any atom is -0.444 e. The van der Waals surface area contributed by atoms with Crippen molar-refractivity contribution in [2.24, 2.45) is 11.7 Å². The lowest BCUT2D eigenvalue weighted by molar-refractivity contribution is -0.122. The summed E-state index contributed by atoms with van der Waals surface area (Å²) < 4.78 is 5.17. The molecule has 134 valence electrons. The molecular formula is C16H31N3O4. The van der Waals surface area contributed by atoms with Crippen molar-refractivity contribution >= 4 is 17.9 Å². The van der Waals surface area contributed by atoms with Gasteiger partial charge >= 0.3 is 6.09 Å². The van der Waals surface area contributed by atoms with Crippen molar-refractivity contribution in [3.63, 3.8) is 0 Å². The van der Waals surface area contributed by atoms with Gasteiger partial charge in [0.05, 0.1) is 0 Å². The zero-order valence-corrected chi connectivity index (χ0v) is 15.0. The molecule has 0 saturated carbocycles. The average Bonchev–Trinajstić information content (AvgIpc) is 2.39. The third-order valence-electron chi connectivity index (χ3n) is 3.18. The molecule has 0 saturated heterocycles. The van der Waals surface area contributed by atoms with Gasteiger partial charge in [-0.25, -0.2) is 4.79 Å². The van der Waals surface area contributed by atoms with Crippen molar-refractivity contribution < 1.29 is 19.1 Å². The van der Waals surface area contributed by atoms with E-state index in [1.807, 2.05) is 6.92 Å². The van der Waals surface area contributed by atoms with Gasteiger partial charge in [0, 0.05) is 19.5 Å². The summed E-state index contributed by atoms with van der Waals surface area (Å²) in [5.41, 5.74) is 4.74. The lowest BCUT2D eigenvalue weighted by atomic mass is 9.97. The van der Waals surface area contributed by atoms with Crippen LogP contribution in [0, 0.1) is 5.92 Å². The lowest BCUT2D eigenvalue weighted by Gasteiger charge is -2.24. The molecule has 0 aromatic heterocycles. The van der Waals surface area contributed by atoms with Crippen LogP contribution >= 0.6 is 0 Å². The Balaban J connectivity index is 4.03. The minimum absolute atomic E-state index is 0.0663. The number of ether oxygens (including phenoxy) is 1. The molecule has 23 heavy (non-hydrogen) atoms. The molecule has 0 aromatic carbocycles. The predicted octanol–water partition coefficient (Wildman–Crippen LogP) is 1.65. The molecule has 7 heteroatoms. The fourth-order valence-corrected chi connectivity index (χ4v) is 2.03. The average molecular weight is 329 g/mol. The van der Waals surface area contributed by atoms with E-state index < -0.39 is 11.7 Å². The number of hydrogen-bond acceptors (Lipinski definition) is 4. The van der Waals surface area contributed by atoms with Gasteiger partial charge in [0.15, 0.2) is 0 Å². The van der Waals surface area contributed by atoms with Gasteiger partial charge in [0.2, 0.25) is 11.8 Å². The van der Waals surface area contributed by atoms with E-state index in [1.54, 1.807) is 20.8 Å². The number of nitrogens with two attached hydrogens (primary N) is 1. The molecule has 0 aliphatic carbocycles. The fraction of sp³-hybridized carbons (Fsp3) is 0.812. The third kappa shape index (κ3) is 10.5. The number of nitrogens with zero attached hydrogens (tertiary/aromatic N) is 1. The Hall–Kier alpha value is -1.79. The number of nitrogens with one attached hydrogen (secondary N) is 1. The highest BCUT2D eigenvalue weighted by atomic mass is 16.6. The summed E-state index contributed by atoms with van der Waals surface area (Å²) in [6.45, 7) is 7.70. The quantitative estimate of drug-likeness (QED) is 0.628. The van der Waals surface area contributed by atoms with E-state index in [9.17, 15) is 14.4 Å². The first-order valence-corrected chi connectivity index (χ1v) is 8.07. The molecule has 1 atom stereocenters. The monoisotopic (exact) mass is 329 g/mol. The number of primary amides is 1. The van der Waals surface area contributed by atoms with E-state index in [-0.39, 0.29) is 24.3 Å². The maximum atomic E-state index is 11.8. The summed E-state index contributed by atoms with van der Waals surface area (Å²) in [4.78, 5) is 36.0. The second-order valence-electron chi connectivity index (χ2n) is 6.72. The first-order chi connectivity index (χ1) is 10.6. The Bertz CT molecular complexity index is 405. The standard InChI is InChI=1S/C16H31N3O4/c1-6-8-12(14(17)21)9-7-10-18-13(20)11-19(5)15(22)23-16(2,3)4/h12H,6-11H2,1-5H3,(H2,17,21)(H,18,20)/t12-/m0/s1. The normalized spacial score (nSPS) is 12.4. The minimum atomic E-state index is -0.592. The van der Waals surface area contributed by atoms with Crippen molar-refractivity contribution in [2.45, 2.75) is 59.0 Å². The highest BCUT2D eigenvalue weighted by Crippen LogP contribution is 2.12. The molecule has 0 radical (unpaired) electrons. The van der Waals surface area contributed by atoms with E-state index in [1.165, 1.54) is 11.9 Å². The number of rotatable bonds is 9.